The average Bonchev–Trinajstić information content (AvgIpc) is 2.78. The molecular formula is C25H27N3O2S. The minimum absolute atomic E-state index is 0.115. The van der Waals surface area contributed by atoms with Crippen molar-refractivity contribution < 1.29 is 9.59 Å². The zero-order valence-corrected chi connectivity index (χ0v) is 18.8. The van der Waals surface area contributed by atoms with Crippen LogP contribution in [0.25, 0.3) is 0 Å². The maximum Gasteiger partial charge on any atom is 0.253 e. The number of carbonyl (C=O) groups is 2. The molecule has 5 nitrogen and oxygen atoms in total. The van der Waals surface area contributed by atoms with Crippen molar-refractivity contribution >= 4 is 35.0 Å². The number of carbonyl (C=O) groups excluding carboxylic acids is 2. The first-order valence-corrected chi connectivity index (χ1v) is 11.1. The van der Waals surface area contributed by atoms with Gasteiger partial charge in [0, 0.05) is 30.4 Å². The quantitative estimate of drug-likeness (QED) is 0.492. The number of hydrogen-bond acceptors (Lipinski definition) is 4. The molecule has 1 unspecified atom stereocenters. The Hall–Kier alpha value is -3.25. The smallest absolute Gasteiger partial charge is 0.253 e. The molecule has 6 heteroatoms. The Morgan fingerprint density at radius 1 is 0.935 bits per heavy atom. The molecule has 0 radical (unpaired) electrons. The highest BCUT2D eigenvalue weighted by atomic mass is 32.2. The second-order valence-corrected chi connectivity index (χ2v) is 8.43. The molecule has 2 N–H and O–H groups in total. The summed E-state index contributed by atoms with van der Waals surface area (Å²) < 4.78 is 0. The van der Waals surface area contributed by atoms with E-state index in [1.54, 1.807) is 6.07 Å². The molecule has 0 bridgehead atoms. The number of anilines is 2. The van der Waals surface area contributed by atoms with Crippen LogP contribution in [0.5, 0.6) is 0 Å². The van der Waals surface area contributed by atoms with Crippen molar-refractivity contribution in [2.75, 3.05) is 30.1 Å². The molecular weight excluding hydrogens is 406 g/mol. The van der Waals surface area contributed by atoms with Crippen LogP contribution in [0.15, 0.2) is 83.8 Å². The van der Waals surface area contributed by atoms with Crippen LogP contribution in [-0.2, 0) is 4.79 Å². The van der Waals surface area contributed by atoms with E-state index < -0.39 is 0 Å². The summed E-state index contributed by atoms with van der Waals surface area (Å²) in [6, 6.07) is 24.9. The number of amides is 2. The predicted octanol–water partition coefficient (Wildman–Crippen LogP) is 4.97. The molecule has 0 aromatic heterocycles. The minimum atomic E-state index is -0.185. The summed E-state index contributed by atoms with van der Waals surface area (Å²) in [4.78, 5) is 28.4. The van der Waals surface area contributed by atoms with E-state index in [-0.39, 0.29) is 17.9 Å². The average molecular weight is 434 g/mol. The van der Waals surface area contributed by atoms with Crippen molar-refractivity contribution in [1.29, 1.82) is 0 Å². The lowest BCUT2D eigenvalue weighted by Crippen LogP contribution is -2.28. The van der Waals surface area contributed by atoms with E-state index in [9.17, 15) is 9.59 Å². The number of hydrogen-bond donors (Lipinski definition) is 2. The van der Waals surface area contributed by atoms with Gasteiger partial charge >= 0.3 is 0 Å². The van der Waals surface area contributed by atoms with E-state index in [1.807, 2.05) is 98.7 Å². The third-order valence-electron chi connectivity index (χ3n) is 4.77. The van der Waals surface area contributed by atoms with Crippen LogP contribution in [-0.4, -0.2) is 31.7 Å². The fourth-order valence-corrected chi connectivity index (χ4v) is 3.87. The highest BCUT2D eigenvalue weighted by Crippen LogP contribution is 2.25. The largest absolute Gasteiger partial charge is 0.377 e. The lowest BCUT2D eigenvalue weighted by Gasteiger charge is -2.20. The maximum absolute atomic E-state index is 13.0. The van der Waals surface area contributed by atoms with Crippen LogP contribution in [0.2, 0.25) is 0 Å². The molecule has 3 aromatic carbocycles. The number of nitrogens with one attached hydrogen (secondary N) is 2. The van der Waals surface area contributed by atoms with Crippen LogP contribution in [0.4, 0.5) is 11.4 Å². The van der Waals surface area contributed by atoms with Gasteiger partial charge in [-0.3, -0.25) is 9.59 Å². The number of nitrogens with zero attached hydrogens (tertiary/aromatic N) is 1. The van der Waals surface area contributed by atoms with Gasteiger partial charge in [-0.25, -0.2) is 0 Å². The Bertz CT molecular complexity index is 1020. The van der Waals surface area contributed by atoms with Gasteiger partial charge in [0.1, 0.15) is 0 Å². The van der Waals surface area contributed by atoms with Crippen molar-refractivity contribution in [3.8, 4) is 0 Å². The van der Waals surface area contributed by atoms with E-state index in [4.69, 9.17) is 0 Å². The Morgan fingerprint density at radius 2 is 1.58 bits per heavy atom. The summed E-state index contributed by atoms with van der Waals surface area (Å²) in [5.41, 5.74) is 2.93. The number of rotatable bonds is 8. The molecule has 0 heterocycles. The van der Waals surface area contributed by atoms with Crippen LogP contribution in [0, 0.1) is 0 Å². The Kier molecular flexibility index (Phi) is 7.73. The molecule has 0 aliphatic carbocycles. The summed E-state index contributed by atoms with van der Waals surface area (Å²) in [6.07, 6.45) is 0. The third-order valence-corrected chi connectivity index (χ3v) is 5.78. The molecule has 1 atom stereocenters. The lowest BCUT2D eigenvalue weighted by molar-refractivity contribution is -0.113. The van der Waals surface area contributed by atoms with Gasteiger partial charge in [-0.2, -0.15) is 0 Å². The third kappa shape index (κ3) is 6.36. The molecule has 0 saturated carbocycles. The van der Waals surface area contributed by atoms with E-state index in [2.05, 4.69) is 10.6 Å². The van der Waals surface area contributed by atoms with E-state index in [0.717, 1.165) is 16.1 Å². The van der Waals surface area contributed by atoms with Crippen molar-refractivity contribution in [3.05, 3.63) is 90.0 Å². The molecule has 3 rings (SSSR count). The fraction of sp³-hybridized carbons (Fsp3) is 0.200. The minimum Gasteiger partial charge on any atom is -0.377 e. The van der Waals surface area contributed by atoms with Gasteiger partial charge in [-0.15, -0.1) is 11.8 Å². The maximum atomic E-state index is 13.0. The molecule has 31 heavy (non-hydrogen) atoms. The predicted molar refractivity (Wildman–Crippen MR) is 129 cm³/mol. The molecule has 0 spiro atoms. The molecule has 2 amide bonds. The van der Waals surface area contributed by atoms with Gasteiger partial charge in [0.15, 0.2) is 0 Å². The molecule has 160 valence electrons. The van der Waals surface area contributed by atoms with Gasteiger partial charge in [0.2, 0.25) is 5.91 Å². The van der Waals surface area contributed by atoms with Gasteiger partial charge in [-0.05, 0) is 42.8 Å². The van der Waals surface area contributed by atoms with E-state index >= 15 is 0 Å². The summed E-state index contributed by atoms with van der Waals surface area (Å²) in [5, 5.41) is 5.95. The molecule has 0 aliphatic rings. The zero-order chi connectivity index (χ0) is 22.2. The van der Waals surface area contributed by atoms with Gasteiger partial charge in [-0.1, -0.05) is 48.5 Å². The van der Waals surface area contributed by atoms with Crippen molar-refractivity contribution in [2.24, 2.45) is 0 Å². The SMILES string of the molecule is CC(NC(=O)c1cc(NC(=O)CSc2ccccc2)ccc1N(C)C)c1ccccc1. The summed E-state index contributed by atoms with van der Waals surface area (Å²) in [6.45, 7) is 1.95. The van der Waals surface area contributed by atoms with E-state index in [1.165, 1.54) is 11.8 Å². The monoisotopic (exact) mass is 433 g/mol. The first-order valence-electron chi connectivity index (χ1n) is 10.1. The second kappa shape index (κ2) is 10.7. The molecule has 3 aromatic rings. The summed E-state index contributed by atoms with van der Waals surface area (Å²) in [7, 11) is 3.78. The number of thioether (sulfide) groups is 1. The van der Waals surface area contributed by atoms with Gasteiger partial charge in [0.25, 0.3) is 5.91 Å². The normalized spacial score (nSPS) is 11.5. The lowest BCUT2D eigenvalue weighted by atomic mass is 10.1. The first-order chi connectivity index (χ1) is 14.9. The van der Waals surface area contributed by atoms with Crippen LogP contribution in [0.3, 0.4) is 0 Å². The van der Waals surface area contributed by atoms with Crippen molar-refractivity contribution in [1.82, 2.24) is 5.32 Å². The zero-order valence-electron chi connectivity index (χ0n) is 18.0. The van der Waals surface area contributed by atoms with E-state index in [0.29, 0.717) is 17.0 Å². The Balaban J connectivity index is 1.71. The highest BCUT2D eigenvalue weighted by molar-refractivity contribution is 8.00. The Labute approximate surface area is 187 Å². The van der Waals surface area contributed by atoms with Crippen LogP contribution >= 0.6 is 11.8 Å². The van der Waals surface area contributed by atoms with Crippen molar-refractivity contribution in [3.63, 3.8) is 0 Å². The van der Waals surface area contributed by atoms with Crippen LogP contribution in [0.1, 0.15) is 28.9 Å². The highest BCUT2D eigenvalue weighted by Gasteiger charge is 2.17. The topological polar surface area (TPSA) is 61.4 Å². The molecule has 0 aliphatic heterocycles. The summed E-state index contributed by atoms with van der Waals surface area (Å²) >= 11 is 1.47. The summed E-state index contributed by atoms with van der Waals surface area (Å²) in [5.74, 6) is -0.00303. The fourth-order valence-electron chi connectivity index (χ4n) is 3.15. The second-order valence-electron chi connectivity index (χ2n) is 7.38. The van der Waals surface area contributed by atoms with Gasteiger partial charge < -0.3 is 15.5 Å². The van der Waals surface area contributed by atoms with Crippen molar-refractivity contribution in [2.45, 2.75) is 17.9 Å². The van der Waals surface area contributed by atoms with Crippen LogP contribution < -0.4 is 15.5 Å². The molecule has 0 saturated heterocycles. The Morgan fingerprint density at radius 3 is 2.23 bits per heavy atom. The van der Waals surface area contributed by atoms with Gasteiger partial charge in [0.05, 0.1) is 17.4 Å². The first kappa shape index (κ1) is 22.4. The number of benzene rings is 3. The molecule has 0 fully saturated rings. The standard InChI is InChI=1S/C25H27N3O2S/c1-18(19-10-6-4-7-11-19)26-25(30)22-16-20(14-15-23(22)28(2)3)27-24(29)17-31-21-12-8-5-9-13-21/h4-16,18H,17H2,1-3H3,(H,26,30)(H,27,29).